The fourth-order valence-corrected chi connectivity index (χ4v) is 1.85. The van der Waals surface area contributed by atoms with E-state index in [-0.39, 0.29) is 23.0 Å². The average molecular weight is 253 g/mol. The molecule has 1 aromatic heterocycles. The zero-order chi connectivity index (χ0) is 13.4. The van der Waals surface area contributed by atoms with E-state index < -0.39 is 5.82 Å². The van der Waals surface area contributed by atoms with Gasteiger partial charge in [0, 0.05) is 5.56 Å². The minimum Gasteiger partial charge on any atom is -0.317 e. The molecule has 1 heterocycles. The van der Waals surface area contributed by atoms with Crippen molar-refractivity contribution in [2.75, 3.05) is 0 Å². The van der Waals surface area contributed by atoms with Crippen LogP contribution in [0.3, 0.4) is 0 Å². The molecule has 0 amide bonds. The molecule has 92 valence electrons. The van der Waals surface area contributed by atoms with Crippen LogP contribution >= 0.6 is 0 Å². The molecule has 1 aliphatic rings. The lowest BCUT2D eigenvalue weighted by molar-refractivity contribution is 0.103. The lowest BCUT2D eigenvalue weighted by Crippen LogP contribution is -2.09. The largest absolute Gasteiger partial charge is 0.317 e. The predicted molar refractivity (Wildman–Crippen MR) is 65.0 cm³/mol. The van der Waals surface area contributed by atoms with Gasteiger partial charge in [0.25, 0.3) is 0 Å². The summed E-state index contributed by atoms with van der Waals surface area (Å²) in [4.78, 5) is 16.3. The lowest BCUT2D eigenvalue weighted by Gasteiger charge is -2.06. The van der Waals surface area contributed by atoms with Gasteiger partial charge >= 0.3 is 0 Å². The summed E-state index contributed by atoms with van der Waals surface area (Å²) in [6, 6.07) is 5.58. The maximum atomic E-state index is 13.2. The van der Waals surface area contributed by atoms with Gasteiger partial charge in [-0.25, -0.2) is 9.37 Å². The smallest absolute Gasteiger partial charge is 0.211 e. The molecule has 0 atom stereocenters. The van der Waals surface area contributed by atoms with Crippen molar-refractivity contribution in [2.45, 2.75) is 6.04 Å². The number of nitriles is 1. The summed E-state index contributed by atoms with van der Waals surface area (Å²) >= 11 is 0. The maximum Gasteiger partial charge on any atom is 0.211 e. The Morgan fingerprint density at radius 3 is 2.89 bits per heavy atom. The summed E-state index contributed by atoms with van der Waals surface area (Å²) in [7, 11) is 0. The molecule has 0 saturated heterocycles. The van der Waals surface area contributed by atoms with Gasteiger partial charge in [0.1, 0.15) is 17.6 Å². The van der Waals surface area contributed by atoms with E-state index in [0.29, 0.717) is 5.69 Å². The normalized spacial score (nSPS) is 13.3. The number of halogens is 1. The van der Waals surface area contributed by atoms with Crippen LogP contribution in [0.5, 0.6) is 0 Å². The highest BCUT2D eigenvalue weighted by Crippen LogP contribution is 2.25. The number of carbonyl (C=O) groups is 1. The number of allylic oxidation sites excluding steroid dienone is 2. The summed E-state index contributed by atoms with van der Waals surface area (Å²) in [6.07, 6.45) is 6.91. The van der Waals surface area contributed by atoms with E-state index in [4.69, 9.17) is 5.26 Å². The van der Waals surface area contributed by atoms with E-state index in [2.05, 4.69) is 4.98 Å². The number of hydrogen-bond acceptors (Lipinski definition) is 3. The Hall–Kier alpha value is -2.74. The van der Waals surface area contributed by atoms with E-state index in [0.717, 1.165) is 6.07 Å². The number of rotatable bonds is 3. The first-order valence-corrected chi connectivity index (χ1v) is 5.65. The number of hydrogen-bond donors (Lipinski definition) is 0. The van der Waals surface area contributed by atoms with Crippen molar-refractivity contribution in [3.8, 4) is 6.07 Å². The van der Waals surface area contributed by atoms with E-state index in [9.17, 15) is 9.18 Å². The molecule has 2 aromatic rings. The van der Waals surface area contributed by atoms with Gasteiger partial charge in [0.05, 0.1) is 24.1 Å². The van der Waals surface area contributed by atoms with Gasteiger partial charge < -0.3 is 4.57 Å². The van der Waals surface area contributed by atoms with Crippen molar-refractivity contribution >= 4 is 5.78 Å². The molecule has 0 radical (unpaired) electrons. The van der Waals surface area contributed by atoms with Crippen molar-refractivity contribution in [2.24, 2.45) is 0 Å². The number of ketones is 1. The summed E-state index contributed by atoms with van der Waals surface area (Å²) in [6.45, 7) is 0. The molecule has 1 aromatic carbocycles. The molecular formula is C14H8FN3O. The van der Waals surface area contributed by atoms with Gasteiger partial charge in [0.2, 0.25) is 5.78 Å². The van der Waals surface area contributed by atoms with Crippen LogP contribution in [-0.4, -0.2) is 15.3 Å². The number of carbonyl (C=O) groups excluding carboxylic acids is 1. The number of imidazole rings is 1. The molecule has 0 unspecified atom stereocenters. The van der Waals surface area contributed by atoms with Gasteiger partial charge in [-0.2, -0.15) is 5.26 Å². The predicted octanol–water partition coefficient (Wildman–Crippen LogP) is 2.24. The molecule has 19 heavy (non-hydrogen) atoms. The molecule has 0 fully saturated rings. The summed E-state index contributed by atoms with van der Waals surface area (Å²) in [5.41, 5.74) is 0.562. The van der Waals surface area contributed by atoms with Gasteiger partial charge in [-0.15, -0.1) is 0 Å². The second kappa shape index (κ2) is 4.18. The van der Waals surface area contributed by atoms with Gasteiger partial charge in [-0.3, -0.25) is 4.79 Å². The first-order chi connectivity index (χ1) is 9.20. The maximum absolute atomic E-state index is 13.2. The average Bonchev–Trinajstić information content (AvgIpc) is 3.16. The SMILES string of the molecule is N#Cc1cc(C(=O)c2cncn2C2C=C2)ccc1F. The molecule has 0 spiro atoms. The highest BCUT2D eigenvalue weighted by Gasteiger charge is 2.21. The zero-order valence-corrected chi connectivity index (χ0v) is 9.75. The lowest BCUT2D eigenvalue weighted by atomic mass is 10.1. The fourth-order valence-electron chi connectivity index (χ4n) is 1.85. The molecule has 1 aliphatic carbocycles. The third-order valence-corrected chi connectivity index (χ3v) is 2.93. The van der Waals surface area contributed by atoms with Crippen LogP contribution < -0.4 is 0 Å². The molecule has 0 bridgehead atoms. The molecule has 3 rings (SSSR count). The Morgan fingerprint density at radius 1 is 1.42 bits per heavy atom. The minimum atomic E-state index is -0.628. The number of benzene rings is 1. The molecule has 0 aliphatic heterocycles. The van der Waals surface area contributed by atoms with Crippen molar-refractivity contribution < 1.29 is 9.18 Å². The number of nitrogens with zero attached hydrogens (tertiary/aromatic N) is 3. The van der Waals surface area contributed by atoms with Crippen molar-refractivity contribution in [3.05, 3.63) is 65.5 Å². The molecule has 0 saturated carbocycles. The quantitative estimate of drug-likeness (QED) is 0.622. The third kappa shape index (κ3) is 1.93. The Balaban J connectivity index is 2.00. The Kier molecular flexibility index (Phi) is 2.50. The fraction of sp³-hybridized carbons (Fsp3) is 0.0714. The zero-order valence-electron chi connectivity index (χ0n) is 9.75. The monoisotopic (exact) mass is 253 g/mol. The van der Waals surface area contributed by atoms with Crippen molar-refractivity contribution in [1.82, 2.24) is 9.55 Å². The second-order valence-corrected chi connectivity index (χ2v) is 4.20. The first-order valence-electron chi connectivity index (χ1n) is 5.65. The first kappa shape index (κ1) is 11.4. The van der Waals surface area contributed by atoms with Gasteiger partial charge in [-0.1, -0.05) is 12.2 Å². The summed E-state index contributed by atoms with van der Waals surface area (Å²) < 4.78 is 15.0. The van der Waals surface area contributed by atoms with E-state index in [1.807, 2.05) is 12.2 Å². The highest BCUT2D eigenvalue weighted by atomic mass is 19.1. The third-order valence-electron chi connectivity index (χ3n) is 2.93. The Labute approximate surface area is 108 Å². The topological polar surface area (TPSA) is 58.7 Å². The van der Waals surface area contributed by atoms with Crippen LogP contribution in [0, 0.1) is 17.1 Å². The van der Waals surface area contributed by atoms with Gasteiger partial charge in [-0.05, 0) is 18.2 Å². The van der Waals surface area contributed by atoms with Crippen molar-refractivity contribution in [3.63, 3.8) is 0 Å². The van der Waals surface area contributed by atoms with Crippen LogP contribution in [0.1, 0.15) is 27.7 Å². The van der Waals surface area contributed by atoms with Crippen molar-refractivity contribution in [1.29, 1.82) is 5.26 Å². The Bertz CT molecular complexity index is 733. The van der Waals surface area contributed by atoms with Crippen LogP contribution in [-0.2, 0) is 0 Å². The molecule has 0 N–H and O–H groups in total. The molecule has 5 heteroatoms. The van der Waals surface area contributed by atoms with E-state index in [1.165, 1.54) is 18.3 Å². The Morgan fingerprint density at radius 2 is 2.21 bits per heavy atom. The van der Waals surface area contributed by atoms with Crippen LogP contribution in [0.15, 0.2) is 42.9 Å². The standard InChI is InChI=1S/C14H8FN3O/c15-12-4-1-9(5-10(12)6-16)14(19)13-7-17-8-18(13)11-2-3-11/h1-5,7-8,11H. The van der Waals surface area contributed by atoms with E-state index >= 15 is 0 Å². The summed E-state index contributed by atoms with van der Waals surface area (Å²) in [5, 5.41) is 8.78. The van der Waals surface area contributed by atoms with Gasteiger partial charge in [0.15, 0.2) is 0 Å². The molecular weight excluding hydrogens is 245 g/mol. The minimum absolute atomic E-state index is 0.0948. The second-order valence-electron chi connectivity index (χ2n) is 4.20. The highest BCUT2D eigenvalue weighted by molar-refractivity contribution is 6.08. The van der Waals surface area contributed by atoms with Crippen LogP contribution in [0.4, 0.5) is 4.39 Å². The van der Waals surface area contributed by atoms with Crippen LogP contribution in [0.25, 0.3) is 0 Å². The van der Waals surface area contributed by atoms with Crippen LogP contribution in [0.2, 0.25) is 0 Å². The number of aromatic nitrogens is 2. The summed E-state index contributed by atoms with van der Waals surface area (Å²) in [5.74, 6) is -0.904. The van der Waals surface area contributed by atoms with E-state index in [1.54, 1.807) is 17.0 Å². The molecule has 4 nitrogen and oxygen atoms in total.